The molecule has 4 atom stereocenters. The zero-order valence-electron chi connectivity index (χ0n) is 27.4. The molecule has 4 aliphatic rings. The third kappa shape index (κ3) is 5.94. The molecule has 2 aliphatic heterocycles. The summed E-state index contributed by atoms with van der Waals surface area (Å²) in [4.78, 5) is 58.7. The minimum Gasteiger partial charge on any atom is -0.325 e. The van der Waals surface area contributed by atoms with E-state index in [-0.39, 0.29) is 35.6 Å². The molecular formula is C35H41BrN8O3. The lowest BCUT2D eigenvalue weighted by Crippen LogP contribution is -2.47. The third-order valence-corrected chi connectivity index (χ3v) is 11.0. The van der Waals surface area contributed by atoms with Crippen LogP contribution in [0.4, 0.5) is 5.82 Å². The van der Waals surface area contributed by atoms with E-state index in [1.165, 1.54) is 26.2 Å². The Morgan fingerprint density at radius 1 is 1.06 bits per heavy atom. The number of halogens is 1. The molecule has 3 unspecified atom stereocenters. The lowest BCUT2D eigenvalue weighted by atomic mass is 9.74. The van der Waals surface area contributed by atoms with Gasteiger partial charge in [-0.05, 0) is 98.2 Å². The largest absolute Gasteiger partial charge is 0.325 e. The van der Waals surface area contributed by atoms with Gasteiger partial charge < -0.3 is 15.1 Å². The molecule has 47 heavy (non-hydrogen) atoms. The van der Waals surface area contributed by atoms with E-state index in [0.29, 0.717) is 34.8 Å². The van der Waals surface area contributed by atoms with Crippen molar-refractivity contribution in [2.75, 3.05) is 25.0 Å². The van der Waals surface area contributed by atoms with Crippen LogP contribution in [0.5, 0.6) is 0 Å². The van der Waals surface area contributed by atoms with Crippen LogP contribution in [-0.2, 0) is 28.0 Å². The fraction of sp³-hybridized carbons (Fsp3) is 0.514. The first-order valence-electron chi connectivity index (χ1n) is 16.5. The number of amides is 2. The summed E-state index contributed by atoms with van der Waals surface area (Å²) in [6.07, 6.45) is 13.4. The summed E-state index contributed by atoms with van der Waals surface area (Å²) < 4.78 is 2.28. The molecule has 0 bridgehead atoms. The monoisotopic (exact) mass is 700 g/mol. The number of ketones is 1. The molecule has 2 aliphatic carbocycles. The minimum atomic E-state index is -0.620. The first-order chi connectivity index (χ1) is 22.5. The zero-order valence-corrected chi connectivity index (χ0v) is 29.0. The minimum absolute atomic E-state index is 0.0109. The van der Waals surface area contributed by atoms with Crippen molar-refractivity contribution in [2.45, 2.75) is 90.3 Å². The molecule has 246 valence electrons. The van der Waals surface area contributed by atoms with Gasteiger partial charge in [0.05, 0.1) is 5.69 Å². The molecule has 3 fully saturated rings. The normalized spacial score (nSPS) is 26.5. The van der Waals surface area contributed by atoms with Gasteiger partial charge in [-0.3, -0.25) is 19.1 Å². The molecule has 5 heterocycles. The number of carbonyl (C=O) groups is 3. The molecule has 0 aromatic carbocycles. The van der Waals surface area contributed by atoms with Crippen LogP contribution in [0, 0.1) is 19.3 Å². The first kappa shape index (κ1) is 31.8. The molecule has 12 heteroatoms. The Bertz CT molecular complexity index is 1780. The maximum Gasteiger partial charge on any atom is 0.248 e. The number of hydrogen-bond donors (Lipinski definition) is 1. The maximum absolute atomic E-state index is 14.3. The van der Waals surface area contributed by atoms with Gasteiger partial charge in [0.15, 0.2) is 5.78 Å². The van der Waals surface area contributed by atoms with Crippen LogP contribution in [0.3, 0.4) is 0 Å². The molecule has 3 aromatic heterocycles. The van der Waals surface area contributed by atoms with Crippen molar-refractivity contribution in [2.24, 2.45) is 5.41 Å². The van der Waals surface area contributed by atoms with E-state index >= 15 is 0 Å². The highest BCUT2D eigenvalue weighted by atomic mass is 79.9. The Morgan fingerprint density at radius 2 is 1.81 bits per heavy atom. The van der Waals surface area contributed by atoms with Gasteiger partial charge in [0.25, 0.3) is 0 Å². The average molecular weight is 702 g/mol. The molecule has 1 saturated carbocycles. The maximum atomic E-state index is 14.3. The van der Waals surface area contributed by atoms with Gasteiger partial charge in [0.1, 0.15) is 34.5 Å². The van der Waals surface area contributed by atoms with Gasteiger partial charge in [-0.2, -0.15) is 5.10 Å². The first-order valence-corrected chi connectivity index (χ1v) is 17.3. The molecule has 2 amide bonds. The van der Waals surface area contributed by atoms with Gasteiger partial charge in [-0.25, -0.2) is 15.0 Å². The molecule has 1 N–H and O–H groups in total. The number of nitrogens with one attached hydrogen (secondary N) is 1. The van der Waals surface area contributed by atoms with Crippen LogP contribution < -0.4 is 5.32 Å². The number of anilines is 1. The predicted octanol–water partition coefficient (Wildman–Crippen LogP) is 4.66. The highest BCUT2D eigenvalue weighted by molar-refractivity contribution is 9.10. The summed E-state index contributed by atoms with van der Waals surface area (Å²) in [5, 5.41) is 7.72. The van der Waals surface area contributed by atoms with Crippen LogP contribution in [0.1, 0.15) is 84.6 Å². The number of pyridine rings is 1. The van der Waals surface area contributed by atoms with Crippen molar-refractivity contribution >= 4 is 45.4 Å². The smallest absolute Gasteiger partial charge is 0.248 e. The van der Waals surface area contributed by atoms with E-state index in [4.69, 9.17) is 5.10 Å². The lowest BCUT2D eigenvalue weighted by Gasteiger charge is -2.30. The van der Waals surface area contributed by atoms with Gasteiger partial charge in [0.2, 0.25) is 11.8 Å². The second kappa shape index (κ2) is 12.0. The van der Waals surface area contributed by atoms with E-state index in [1.54, 1.807) is 4.68 Å². The molecule has 0 spiro atoms. The Balaban J connectivity index is 1.17. The highest BCUT2D eigenvalue weighted by Gasteiger charge is 2.67. The highest BCUT2D eigenvalue weighted by Crippen LogP contribution is 2.60. The average Bonchev–Trinajstić information content (AvgIpc) is 3.45. The standard InChI is InChI=1S/C35H41BrN8O3/c1-21-8-9-29(36)39-32(21)40-33(47)27-15-35(20-42-12-6-5-7-13-42)16-28(35)44(27)30(46)19-43-26-10-11-34(4,24-17-37-23(3)38-18-24)14-25(26)31(41-43)22(2)45/h8-11,17-18,27-28H,5-7,12-16,19-20H2,1-4H3,(H,39,40,47)/t27-,28?,34?,35?/m0/s1. The fourth-order valence-electron chi connectivity index (χ4n) is 7.90. The van der Waals surface area contributed by atoms with Gasteiger partial charge in [-0.1, -0.05) is 25.5 Å². The summed E-state index contributed by atoms with van der Waals surface area (Å²) >= 11 is 3.41. The number of aromatic nitrogens is 5. The van der Waals surface area contributed by atoms with Gasteiger partial charge in [-0.15, -0.1) is 0 Å². The van der Waals surface area contributed by atoms with Crippen molar-refractivity contribution in [3.8, 4) is 0 Å². The van der Waals surface area contributed by atoms with E-state index in [9.17, 15) is 14.4 Å². The number of hydrogen-bond acceptors (Lipinski definition) is 8. The number of Topliss-reactive ketones (excluding diaryl/α,β-unsaturated/α-hetero) is 1. The number of fused-ring (bicyclic) bond motifs is 2. The quantitative estimate of drug-likeness (QED) is 0.266. The number of likely N-dealkylation sites (tertiary alicyclic amines) is 2. The van der Waals surface area contributed by atoms with E-state index < -0.39 is 11.5 Å². The summed E-state index contributed by atoms with van der Waals surface area (Å²) in [5.74, 6) is 0.646. The molecule has 3 aromatic rings. The second-order valence-corrected chi connectivity index (χ2v) is 14.9. The number of nitrogens with zero attached hydrogens (tertiary/aromatic N) is 7. The van der Waals surface area contributed by atoms with E-state index in [1.807, 2.05) is 49.3 Å². The van der Waals surface area contributed by atoms with Crippen LogP contribution in [-0.4, -0.2) is 83.8 Å². The molecule has 0 radical (unpaired) electrons. The van der Waals surface area contributed by atoms with Gasteiger partial charge in [0, 0.05) is 48.3 Å². The van der Waals surface area contributed by atoms with Gasteiger partial charge >= 0.3 is 0 Å². The van der Waals surface area contributed by atoms with Crippen molar-refractivity contribution in [3.05, 3.63) is 69.1 Å². The Kier molecular flexibility index (Phi) is 8.15. The number of allylic oxidation sites excluding steroid dienone is 1. The topological polar surface area (TPSA) is 126 Å². The fourth-order valence-corrected chi connectivity index (χ4v) is 8.21. The van der Waals surface area contributed by atoms with Crippen LogP contribution in [0.2, 0.25) is 0 Å². The summed E-state index contributed by atoms with van der Waals surface area (Å²) in [6, 6.07) is 3.11. The van der Waals surface area contributed by atoms with Crippen LogP contribution in [0.15, 0.2) is 35.2 Å². The molecule has 2 saturated heterocycles. The predicted molar refractivity (Wildman–Crippen MR) is 181 cm³/mol. The summed E-state index contributed by atoms with van der Waals surface area (Å²) in [6.45, 7) is 10.3. The number of piperidine rings is 2. The van der Waals surface area contributed by atoms with E-state index in [0.717, 1.165) is 48.4 Å². The van der Waals surface area contributed by atoms with Crippen molar-refractivity contribution < 1.29 is 14.4 Å². The van der Waals surface area contributed by atoms with Crippen molar-refractivity contribution in [1.82, 2.24) is 34.5 Å². The summed E-state index contributed by atoms with van der Waals surface area (Å²) in [7, 11) is 0. The van der Waals surface area contributed by atoms with Crippen LogP contribution in [0.25, 0.3) is 6.08 Å². The number of rotatable bonds is 8. The molecule has 11 nitrogen and oxygen atoms in total. The zero-order chi connectivity index (χ0) is 33.1. The van der Waals surface area contributed by atoms with Crippen molar-refractivity contribution in [1.29, 1.82) is 0 Å². The molecular weight excluding hydrogens is 660 g/mol. The van der Waals surface area contributed by atoms with Crippen molar-refractivity contribution in [3.63, 3.8) is 0 Å². The second-order valence-electron chi connectivity index (χ2n) is 14.1. The summed E-state index contributed by atoms with van der Waals surface area (Å²) in [5.41, 5.74) is 3.20. The lowest BCUT2D eigenvalue weighted by molar-refractivity contribution is -0.138. The Hall–Kier alpha value is -3.77. The van der Waals surface area contributed by atoms with Crippen LogP contribution >= 0.6 is 15.9 Å². The SMILES string of the molecule is CC(=O)c1nn(CC(=O)N2C3CC3(CN3CCCCC3)C[C@H]2C(=O)Nc2nc(Br)ccc2C)c2c1CC(C)(c1cnc(C)nc1)C=C2. The number of aryl methyl sites for hydroxylation is 2. The number of carbonyl (C=O) groups excluding carboxylic acids is 3. The Morgan fingerprint density at radius 3 is 2.53 bits per heavy atom. The molecule has 7 rings (SSSR count). The Labute approximate surface area is 283 Å². The van der Waals surface area contributed by atoms with E-state index in [2.05, 4.69) is 54.1 Å². The third-order valence-electron chi connectivity index (χ3n) is 10.6.